The van der Waals surface area contributed by atoms with Crippen molar-refractivity contribution in [3.05, 3.63) is 11.9 Å². The van der Waals surface area contributed by atoms with Crippen LogP contribution in [0.5, 0.6) is 0 Å². The number of imide groups is 1. The summed E-state index contributed by atoms with van der Waals surface area (Å²) in [6, 6.07) is 0. The van der Waals surface area contributed by atoms with E-state index in [1.165, 1.54) is 10.9 Å². The molecule has 0 spiro atoms. The van der Waals surface area contributed by atoms with E-state index < -0.39 is 12.0 Å². The number of nitrogens with two attached hydrogens (primary N) is 1. The minimum Gasteiger partial charge on any atom is -0.453 e. The van der Waals surface area contributed by atoms with E-state index in [2.05, 4.69) is 20.4 Å². The van der Waals surface area contributed by atoms with E-state index in [1.54, 1.807) is 0 Å². The van der Waals surface area contributed by atoms with Crippen molar-refractivity contribution in [2.75, 3.05) is 13.7 Å². The van der Waals surface area contributed by atoms with Crippen LogP contribution < -0.4 is 16.4 Å². The number of aromatic nitrogens is 3. The van der Waals surface area contributed by atoms with Crippen molar-refractivity contribution in [1.82, 2.24) is 25.6 Å². The van der Waals surface area contributed by atoms with E-state index in [0.717, 1.165) is 7.11 Å². The number of amides is 3. The van der Waals surface area contributed by atoms with E-state index in [-0.39, 0.29) is 25.5 Å². The summed E-state index contributed by atoms with van der Waals surface area (Å²) in [5.74, 6) is -0.910. The van der Waals surface area contributed by atoms with Crippen molar-refractivity contribution in [2.45, 2.75) is 13.1 Å². The van der Waals surface area contributed by atoms with Crippen LogP contribution in [0.2, 0.25) is 0 Å². The summed E-state index contributed by atoms with van der Waals surface area (Å²) in [6.07, 6.45) is 0.619. The van der Waals surface area contributed by atoms with Crippen LogP contribution in [0, 0.1) is 0 Å². The second kappa shape index (κ2) is 7.06. The molecule has 0 aliphatic carbocycles. The zero-order chi connectivity index (χ0) is 14.3. The number of ether oxygens (including phenoxy) is 1. The third kappa shape index (κ3) is 5.12. The van der Waals surface area contributed by atoms with Gasteiger partial charge in [0, 0.05) is 0 Å². The number of methoxy groups -OCH3 is 1. The Balaban J connectivity index is 2.44. The lowest BCUT2D eigenvalue weighted by atomic mass is 10.4. The van der Waals surface area contributed by atoms with Crippen LogP contribution in [0.3, 0.4) is 0 Å². The first-order valence-corrected chi connectivity index (χ1v) is 5.28. The Morgan fingerprint density at radius 2 is 2.16 bits per heavy atom. The van der Waals surface area contributed by atoms with Crippen LogP contribution in [-0.2, 0) is 27.4 Å². The highest BCUT2D eigenvalue weighted by molar-refractivity contribution is 5.91. The van der Waals surface area contributed by atoms with Crippen LogP contribution in [0.25, 0.3) is 0 Å². The highest BCUT2D eigenvalue weighted by Crippen LogP contribution is 1.92. The van der Waals surface area contributed by atoms with Crippen LogP contribution in [0.15, 0.2) is 6.20 Å². The monoisotopic (exact) mass is 270 g/mol. The molecule has 10 heteroatoms. The molecule has 0 aromatic carbocycles. The lowest BCUT2D eigenvalue weighted by molar-refractivity contribution is -0.121. The van der Waals surface area contributed by atoms with Crippen molar-refractivity contribution >= 4 is 17.9 Å². The van der Waals surface area contributed by atoms with E-state index in [1.807, 2.05) is 5.32 Å². The van der Waals surface area contributed by atoms with Gasteiger partial charge < -0.3 is 15.8 Å². The fourth-order valence-electron chi connectivity index (χ4n) is 1.11. The fourth-order valence-corrected chi connectivity index (χ4v) is 1.11. The molecule has 0 bridgehead atoms. The molecular formula is C9H14N6O4. The number of nitrogens with one attached hydrogen (secondary N) is 2. The maximum absolute atomic E-state index is 11.3. The molecule has 1 rings (SSSR count). The zero-order valence-electron chi connectivity index (χ0n) is 10.3. The van der Waals surface area contributed by atoms with Crippen LogP contribution in [-0.4, -0.2) is 46.6 Å². The second-order valence-electron chi connectivity index (χ2n) is 3.43. The minimum absolute atomic E-state index is 0.115. The van der Waals surface area contributed by atoms with Crippen molar-refractivity contribution in [2.24, 2.45) is 5.73 Å². The smallest absolute Gasteiger partial charge is 0.413 e. The molecule has 1 aromatic rings. The molecule has 4 N–H and O–H groups in total. The third-order valence-corrected chi connectivity index (χ3v) is 1.97. The molecule has 0 aliphatic heterocycles. The van der Waals surface area contributed by atoms with Crippen molar-refractivity contribution in [1.29, 1.82) is 0 Å². The van der Waals surface area contributed by atoms with Gasteiger partial charge in [-0.3, -0.25) is 14.9 Å². The first-order chi connectivity index (χ1) is 9.05. The van der Waals surface area contributed by atoms with Gasteiger partial charge in [-0.05, 0) is 0 Å². The molecule has 19 heavy (non-hydrogen) atoms. The molecule has 104 valence electrons. The normalized spacial score (nSPS) is 9.79. The Labute approximate surface area is 108 Å². The van der Waals surface area contributed by atoms with E-state index in [9.17, 15) is 14.4 Å². The minimum atomic E-state index is -0.847. The number of alkyl carbamates (subject to hydrolysis) is 1. The molecule has 0 saturated carbocycles. The molecule has 1 heterocycles. The van der Waals surface area contributed by atoms with Gasteiger partial charge >= 0.3 is 6.09 Å². The van der Waals surface area contributed by atoms with Gasteiger partial charge in [0.2, 0.25) is 5.91 Å². The number of rotatable bonds is 5. The van der Waals surface area contributed by atoms with Gasteiger partial charge in [0.1, 0.15) is 12.2 Å². The van der Waals surface area contributed by atoms with Crippen LogP contribution >= 0.6 is 0 Å². The van der Waals surface area contributed by atoms with Gasteiger partial charge in [-0.1, -0.05) is 5.21 Å². The van der Waals surface area contributed by atoms with Crippen molar-refractivity contribution in [3.8, 4) is 0 Å². The molecule has 0 fully saturated rings. The largest absolute Gasteiger partial charge is 0.453 e. The molecule has 0 unspecified atom stereocenters. The average Bonchev–Trinajstić information content (AvgIpc) is 2.83. The van der Waals surface area contributed by atoms with E-state index in [0.29, 0.717) is 5.69 Å². The number of carbonyl (C=O) groups excluding carboxylic acids is 3. The highest BCUT2D eigenvalue weighted by Gasteiger charge is 2.10. The van der Waals surface area contributed by atoms with Gasteiger partial charge in [0.15, 0.2) is 0 Å². The fraction of sp³-hybridized carbons (Fsp3) is 0.444. The summed E-state index contributed by atoms with van der Waals surface area (Å²) in [5, 5.41) is 11.9. The van der Waals surface area contributed by atoms with Gasteiger partial charge in [-0.15, -0.1) is 5.10 Å². The number of nitrogens with zero attached hydrogens (tertiary/aromatic N) is 3. The van der Waals surface area contributed by atoms with Gasteiger partial charge in [0.05, 0.1) is 26.4 Å². The van der Waals surface area contributed by atoms with E-state index in [4.69, 9.17) is 5.73 Å². The number of hydrogen-bond donors (Lipinski definition) is 3. The Morgan fingerprint density at radius 3 is 2.79 bits per heavy atom. The highest BCUT2D eigenvalue weighted by atomic mass is 16.5. The predicted molar refractivity (Wildman–Crippen MR) is 61.5 cm³/mol. The zero-order valence-corrected chi connectivity index (χ0v) is 10.3. The first-order valence-electron chi connectivity index (χ1n) is 5.28. The standard InChI is InChI=1S/C9H14N6O4/c1-19-9(18)12-8(17)5-15-4-6(13-14-15)3-11-7(16)2-10/h4H,2-3,5,10H2,1H3,(H,11,16)(H,12,17,18). The second-order valence-corrected chi connectivity index (χ2v) is 3.43. The Hall–Kier alpha value is -2.49. The Bertz CT molecular complexity index is 471. The van der Waals surface area contributed by atoms with Crippen molar-refractivity contribution in [3.63, 3.8) is 0 Å². The Morgan fingerprint density at radius 1 is 1.42 bits per heavy atom. The summed E-state index contributed by atoms with van der Waals surface area (Å²) in [5.41, 5.74) is 5.58. The molecule has 0 atom stereocenters. The molecular weight excluding hydrogens is 256 g/mol. The lowest BCUT2D eigenvalue weighted by Crippen LogP contribution is -2.33. The molecule has 0 radical (unpaired) electrons. The molecule has 10 nitrogen and oxygen atoms in total. The molecule has 0 saturated heterocycles. The van der Waals surface area contributed by atoms with Gasteiger partial charge in [0.25, 0.3) is 5.91 Å². The quantitative estimate of drug-likeness (QED) is 0.548. The summed E-state index contributed by atoms with van der Waals surface area (Å²) in [4.78, 5) is 33.0. The van der Waals surface area contributed by atoms with Crippen molar-refractivity contribution < 1.29 is 19.1 Å². The predicted octanol–water partition coefficient (Wildman–Crippen LogP) is -2.26. The van der Waals surface area contributed by atoms with E-state index >= 15 is 0 Å². The Kier molecular flexibility index (Phi) is 5.41. The summed E-state index contributed by atoms with van der Waals surface area (Å²) in [6.45, 7) is -0.142. The topological polar surface area (TPSA) is 141 Å². The maximum atomic E-state index is 11.3. The average molecular weight is 270 g/mol. The number of carbonyl (C=O) groups is 3. The van der Waals surface area contributed by atoms with Gasteiger partial charge in [-0.2, -0.15) is 0 Å². The number of hydrogen-bond acceptors (Lipinski definition) is 7. The summed E-state index contributed by atoms with van der Waals surface area (Å²) < 4.78 is 5.49. The third-order valence-electron chi connectivity index (χ3n) is 1.97. The first kappa shape index (κ1) is 14.6. The van der Waals surface area contributed by atoms with Crippen LogP contribution in [0.4, 0.5) is 4.79 Å². The van der Waals surface area contributed by atoms with Gasteiger partial charge in [-0.25, -0.2) is 9.48 Å². The summed E-state index contributed by atoms with van der Waals surface area (Å²) >= 11 is 0. The molecule has 0 aliphatic rings. The van der Waals surface area contributed by atoms with Crippen LogP contribution in [0.1, 0.15) is 5.69 Å². The SMILES string of the molecule is COC(=O)NC(=O)Cn1cc(CNC(=O)CN)nn1. The lowest BCUT2D eigenvalue weighted by Gasteiger charge is -2.01. The molecule has 3 amide bonds. The molecule has 1 aromatic heterocycles. The summed E-state index contributed by atoms with van der Waals surface area (Å²) in [7, 11) is 1.15. The maximum Gasteiger partial charge on any atom is 0.413 e.